The number of nitrogens with zero attached hydrogens (tertiary/aromatic N) is 1. The van der Waals surface area contributed by atoms with Gasteiger partial charge >= 0.3 is 0 Å². The first-order valence-corrected chi connectivity index (χ1v) is 4.13. The minimum Gasteiger partial charge on any atom is -0.192 e. The summed E-state index contributed by atoms with van der Waals surface area (Å²) in [5, 5.41) is 10.7. The lowest BCUT2D eigenvalue weighted by Crippen LogP contribution is -1.65. The molecule has 0 aromatic carbocycles. The standard InChI is InChI=1S/C5HBrClNS/c6-5-3(1-8)4(7)2-9-5/h2H. The highest BCUT2D eigenvalue weighted by Gasteiger charge is 2.04. The van der Waals surface area contributed by atoms with E-state index in [-0.39, 0.29) is 0 Å². The molecule has 0 amide bonds. The normalized spacial score (nSPS) is 9.00. The van der Waals surface area contributed by atoms with Gasteiger partial charge in [0.15, 0.2) is 0 Å². The largest absolute Gasteiger partial charge is 0.192 e. The molecule has 0 atom stereocenters. The number of hydrogen-bond donors (Lipinski definition) is 0. The van der Waals surface area contributed by atoms with Gasteiger partial charge in [-0.15, -0.1) is 11.3 Å². The van der Waals surface area contributed by atoms with Crippen molar-refractivity contribution in [2.75, 3.05) is 0 Å². The maximum atomic E-state index is 8.43. The molecule has 0 unspecified atom stereocenters. The highest BCUT2D eigenvalue weighted by Crippen LogP contribution is 2.30. The van der Waals surface area contributed by atoms with E-state index in [1.165, 1.54) is 11.3 Å². The third-order valence-corrected chi connectivity index (χ3v) is 2.96. The van der Waals surface area contributed by atoms with Gasteiger partial charge in [0.2, 0.25) is 0 Å². The van der Waals surface area contributed by atoms with Crippen molar-refractivity contribution >= 4 is 38.9 Å². The molecule has 9 heavy (non-hydrogen) atoms. The van der Waals surface area contributed by atoms with Crippen LogP contribution in [0.15, 0.2) is 9.17 Å². The van der Waals surface area contributed by atoms with Crippen LogP contribution < -0.4 is 0 Å². The smallest absolute Gasteiger partial charge is 0.103 e. The van der Waals surface area contributed by atoms with Crippen molar-refractivity contribution in [3.05, 3.63) is 19.8 Å². The van der Waals surface area contributed by atoms with Crippen molar-refractivity contribution in [2.24, 2.45) is 0 Å². The molecule has 0 aliphatic rings. The predicted octanol–water partition coefficient (Wildman–Crippen LogP) is 3.04. The van der Waals surface area contributed by atoms with Crippen molar-refractivity contribution in [1.29, 1.82) is 5.26 Å². The molecular weight excluding hydrogens is 221 g/mol. The lowest BCUT2D eigenvalue weighted by atomic mass is 10.4. The molecule has 0 bridgehead atoms. The van der Waals surface area contributed by atoms with Crippen molar-refractivity contribution < 1.29 is 0 Å². The zero-order valence-electron chi connectivity index (χ0n) is 4.19. The SMILES string of the molecule is N#Cc1c(Cl)csc1Br. The van der Waals surface area contributed by atoms with Gasteiger partial charge in [-0.3, -0.25) is 0 Å². The first-order chi connectivity index (χ1) is 4.25. The summed E-state index contributed by atoms with van der Waals surface area (Å²) in [6, 6.07) is 1.98. The summed E-state index contributed by atoms with van der Waals surface area (Å²) in [4.78, 5) is 0. The van der Waals surface area contributed by atoms with Crippen molar-refractivity contribution in [1.82, 2.24) is 0 Å². The number of thiophene rings is 1. The van der Waals surface area contributed by atoms with Crippen LogP contribution in [-0.2, 0) is 0 Å². The summed E-state index contributed by atoms with van der Waals surface area (Å²) in [5.74, 6) is 0. The minimum absolute atomic E-state index is 0.523. The number of hydrogen-bond acceptors (Lipinski definition) is 2. The molecular formula is C5HBrClNS. The molecule has 1 nitrogen and oxygen atoms in total. The van der Waals surface area contributed by atoms with Crippen LogP contribution in [0.2, 0.25) is 5.02 Å². The molecule has 0 fully saturated rings. The Bertz CT molecular complexity index is 243. The summed E-state index contributed by atoms with van der Waals surface area (Å²) in [5.41, 5.74) is 0.529. The summed E-state index contributed by atoms with van der Waals surface area (Å²) in [6.45, 7) is 0. The molecule has 1 heterocycles. The van der Waals surface area contributed by atoms with E-state index in [0.717, 1.165) is 3.79 Å². The summed E-state index contributed by atoms with van der Waals surface area (Å²) in [7, 11) is 0. The zero-order valence-corrected chi connectivity index (χ0v) is 7.35. The van der Waals surface area contributed by atoms with E-state index in [1.54, 1.807) is 5.38 Å². The molecule has 0 saturated carbocycles. The van der Waals surface area contributed by atoms with Gasteiger partial charge in [0, 0.05) is 5.38 Å². The number of rotatable bonds is 0. The van der Waals surface area contributed by atoms with E-state index in [4.69, 9.17) is 16.9 Å². The monoisotopic (exact) mass is 221 g/mol. The predicted molar refractivity (Wildman–Crippen MR) is 41.7 cm³/mol. The number of halogens is 2. The zero-order chi connectivity index (χ0) is 6.85. The Morgan fingerprint density at radius 3 is 2.67 bits per heavy atom. The molecule has 0 saturated heterocycles. The molecule has 1 aromatic heterocycles. The maximum absolute atomic E-state index is 8.43. The van der Waals surface area contributed by atoms with E-state index < -0.39 is 0 Å². The van der Waals surface area contributed by atoms with Crippen LogP contribution >= 0.6 is 38.9 Å². The molecule has 1 aromatic rings. The Labute approximate surface area is 70.0 Å². The Hall–Kier alpha value is -0.0400. The van der Waals surface area contributed by atoms with Crippen molar-refractivity contribution in [3.8, 4) is 6.07 Å². The highest BCUT2D eigenvalue weighted by atomic mass is 79.9. The average molecular weight is 222 g/mol. The molecule has 1 rings (SSSR count). The third kappa shape index (κ3) is 1.26. The Morgan fingerprint density at radius 1 is 1.78 bits per heavy atom. The van der Waals surface area contributed by atoms with Crippen LogP contribution in [0, 0.1) is 11.3 Å². The lowest BCUT2D eigenvalue weighted by Gasteiger charge is -1.79. The Balaban J connectivity index is 3.27. The second kappa shape index (κ2) is 2.70. The van der Waals surface area contributed by atoms with E-state index in [1.807, 2.05) is 6.07 Å². The fourth-order valence-electron chi connectivity index (χ4n) is 0.413. The van der Waals surface area contributed by atoms with E-state index >= 15 is 0 Å². The van der Waals surface area contributed by atoms with Gasteiger partial charge in [-0.25, -0.2) is 0 Å². The van der Waals surface area contributed by atoms with Gasteiger partial charge in [-0.05, 0) is 15.9 Å². The van der Waals surface area contributed by atoms with E-state index in [0.29, 0.717) is 10.6 Å². The second-order valence-corrected chi connectivity index (χ2v) is 3.95. The van der Waals surface area contributed by atoms with Crippen LogP contribution in [-0.4, -0.2) is 0 Å². The van der Waals surface area contributed by atoms with Crippen LogP contribution in [0.4, 0.5) is 0 Å². The van der Waals surface area contributed by atoms with Crippen LogP contribution in [0.25, 0.3) is 0 Å². The molecule has 46 valence electrons. The molecule has 0 radical (unpaired) electrons. The van der Waals surface area contributed by atoms with Gasteiger partial charge in [0.1, 0.15) is 6.07 Å². The summed E-state index contributed by atoms with van der Waals surface area (Å²) >= 11 is 10.2. The van der Waals surface area contributed by atoms with Gasteiger partial charge in [0.25, 0.3) is 0 Å². The van der Waals surface area contributed by atoms with E-state index in [9.17, 15) is 0 Å². The molecule has 0 spiro atoms. The first-order valence-electron chi connectivity index (χ1n) is 2.08. The fraction of sp³-hybridized carbons (Fsp3) is 0. The third-order valence-electron chi connectivity index (χ3n) is 0.813. The van der Waals surface area contributed by atoms with Gasteiger partial charge in [-0.2, -0.15) is 5.26 Å². The fourth-order valence-corrected chi connectivity index (χ4v) is 2.03. The minimum atomic E-state index is 0.523. The number of nitriles is 1. The average Bonchev–Trinajstić information content (AvgIpc) is 2.12. The van der Waals surface area contributed by atoms with Gasteiger partial charge in [-0.1, -0.05) is 11.6 Å². The topological polar surface area (TPSA) is 23.8 Å². The molecule has 4 heteroatoms. The van der Waals surface area contributed by atoms with E-state index in [2.05, 4.69) is 15.9 Å². The highest BCUT2D eigenvalue weighted by molar-refractivity contribution is 9.11. The second-order valence-electron chi connectivity index (χ2n) is 1.34. The van der Waals surface area contributed by atoms with Crippen molar-refractivity contribution in [2.45, 2.75) is 0 Å². The van der Waals surface area contributed by atoms with Crippen LogP contribution in [0.1, 0.15) is 5.56 Å². The quantitative estimate of drug-likeness (QED) is 0.662. The lowest BCUT2D eigenvalue weighted by molar-refractivity contribution is 1.50. The summed E-state index contributed by atoms with van der Waals surface area (Å²) < 4.78 is 0.801. The Morgan fingerprint density at radius 2 is 2.44 bits per heavy atom. The van der Waals surface area contributed by atoms with Crippen molar-refractivity contribution in [3.63, 3.8) is 0 Å². The van der Waals surface area contributed by atoms with Gasteiger partial charge < -0.3 is 0 Å². The van der Waals surface area contributed by atoms with Crippen LogP contribution in [0.3, 0.4) is 0 Å². The molecule has 0 aliphatic carbocycles. The maximum Gasteiger partial charge on any atom is 0.103 e. The first kappa shape index (κ1) is 7.07. The van der Waals surface area contributed by atoms with Crippen LogP contribution in [0.5, 0.6) is 0 Å². The summed E-state index contributed by atoms with van der Waals surface area (Å²) in [6.07, 6.45) is 0. The van der Waals surface area contributed by atoms with Gasteiger partial charge in [0.05, 0.1) is 14.4 Å². The molecule has 0 aliphatic heterocycles. The molecule has 0 N–H and O–H groups in total. The Kier molecular flexibility index (Phi) is 2.12.